The van der Waals surface area contributed by atoms with E-state index in [2.05, 4.69) is 287 Å². The summed E-state index contributed by atoms with van der Waals surface area (Å²) in [5.74, 6) is 2.45. The summed E-state index contributed by atoms with van der Waals surface area (Å²) in [6.45, 7) is 30.6. The maximum atomic E-state index is 7.37. The molecule has 0 amide bonds. The largest absolute Gasteiger partial charge is 0.457 e. The highest BCUT2D eigenvalue weighted by atomic mass is 16.5. The first-order chi connectivity index (χ1) is 34.6. The third kappa shape index (κ3) is 9.47. The Kier molecular flexibility index (Phi) is 12.3. The Morgan fingerprint density at radius 3 is 1.63 bits per heavy atom. The van der Waals surface area contributed by atoms with Gasteiger partial charge in [-0.3, -0.25) is 4.57 Å². The lowest BCUT2D eigenvalue weighted by molar-refractivity contribution is 0.477. The molecule has 10 rings (SSSR count). The zero-order chi connectivity index (χ0) is 51.7. The van der Waals surface area contributed by atoms with Gasteiger partial charge in [0.05, 0.1) is 23.4 Å². The Morgan fingerprint density at radius 2 is 0.986 bits per heavy atom. The molecule has 9 aromatic rings. The van der Waals surface area contributed by atoms with Gasteiger partial charge in [0.25, 0.3) is 0 Å². The molecule has 3 heterocycles. The van der Waals surface area contributed by atoms with Gasteiger partial charge in [-0.1, -0.05) is 205 Å². The number of anilines is 2. The summed E-state index contributed by atoms with van der Waals surface area (Å²) >= 11 is 0. The molecule has 0 radical (unpaired) electrons. The molecular formula is C68H72N4O. The normalized spacial score (nSPS) is 13.8. The molecule has 5 nitrogen and oxygen atoms in total. The second-order valence-electron chi connectivity index (χ2n) is 24.4. The van der Waals surface area contributed by atoms with Crippen molar-refractivity contribution in [1.82, 2.24) is 9.55 Å². The molecule has 1 aliphatic heterocycles. The minimum atomic E-state index is -0.387. The summed E-state index contributed by atoms with van der Waals surface area (Å²) in [5.41, 5.74) is 14.6. The predicted octanol–water partition coefficient (Wildman–Crippen LogP) is 17.8. The van der Waals surface area contributed by atoms with Gasteiger partial charge in [-0.05, 0) is 109 Å². The Bertz CT molecular complexity index is 3510. The fraction of sp³-hybridized carbons (Fsp3) is 0.279. The SMILES string of the molecule is CC(C)(C)c1cc(Oc2cc(C(C)(C)c3ccccc3)c3c4ccccc4n(-c4cc(C(C)(C)C)ccn4)c3c2)cc(N2CN(c3cc(C(C)(C)C)cc(C(C)(C)c4ccccc4)c3)C=C2c2ccccc2)c1. The van der Waals surface area contributed by atoms with Crippen molar-refractivity contribution in [3.63, 3.8) is 0 Å². The summed E-state index contributed by atoms with van der Waals surface area (Å²) in [4.78, 5) is 9.96. The first kappa shape index (κ1) is 49.2. The van der Waals surface area contributed by atoms with E-state index in [1.54, 1.807) is 0 Å². The van der Waals surface area contributed by atoms with Gasteiger partial charge in [0.2, 0.25) is 0 Å². The van der Waals surface area contributed by atoms with Crippen LogP contribution in [0.1, 0.15) is 135 Å². The molecule has 0 saturated carbocycles. The van der Waals surface area contributed by atoms with E-state index < -0.39 is 0 Å². The summed E-state index contributed by atoms with van der Waals surface area (Å²) in [5, 5.41) is 2.38. The summed E-state index contributed by atoms with van der Waals surface area (Å²) in [6.07, 6.45) is 4.29. The quantitative estimate of drug-likeness (QED) is 0.137. The van der Waals surface area contributed by atoms with E-state index in [1.807, 2.05) is 6.20 Å². The van der Waals surface area contributed by atoms with Gasteiger partial charge >= 0.3 is 0 Å². The molecule has 7 aromatic carbocycles. The van der Waals surface area contributed by atoms with Crippen molar-refractivity contribution in [2.45, 2.75) is 117 Å². The molecular weight excluding hydrogens is 889 g/mol. The van der Waals surface area contributed by atoms with Crippen molar-refractivity contribution in [3.8, 4) is 17.3 Å². The molecule has 5 heteroatoms. The van der Waals surface area contributed by atoms with Crippen LogP contribution in [0.3, 0.4) is 0 Å². The Morgan fingerprint density at radius 1 is 0.438 bits per heavy atom. The van der Waals surface area contributed by atoms with E-state index in [9.17, 15) is 0 Å². The number of aromatic nitrogens is 2. The van der Waals surface area contributed by atoms with Gasteiger partial charge in [0, 0.05) is 57.5 Å². The Labute approximate surface area is 434 Å². The molecule has 0 fully saturated rings. The van der Waals surface area contributed by atoms with Crippen molar-refractivity contribution in [1.29, 1.82) is 0 Å². The highest BCUT2D eigenvalue weighted by Crippen LogP contribution is 2.47. The smallest absolute Gasteiger partial charge is 0.137 e. The predicted molar refractivity (Wildman–Crippen MR) is 309 cm³/mol. The lowest BCUT2D eigenvalue weighted by Gasteiger charge is -2.32. The number of benzene rings is 7. The standard InChI is InChI=1S/C68H72N4O/c1-64(2,3)49-33-34-69-62(40-49)72-59-32-24-23-31-57(59)63-58(68(12,13)48-29-21-16-22-30-48)42-56(43-60(63)72)73-55-39-51(66(7,8)9)37-54(41-55)71-45-70(44-61(71)46-25-17-14-18-26-46)53-36-50(65(4,5)6)35-52(38-53)67(10,11)47-27-19-15-20-28-47/h14-44H,45H2,1-13H3. The molecule has 0 spiro atoms. The van der Waals surface area contributed by atoms with Gasteiger partial charge in [-0.2, -0.15) is 0 Å². The lowest BCUT2D eigenvalue weighted by Crippen LogP contribution is -2.28. The average Bonchev–Trinajstić information content (AvgIpc) is 3.97. The van der Waals surface area contributed by atoms with Crippen molar-refractivity contribution in [2.75, 3.05) is 16.5 Å². The van der Waals surface area contributed by atoms with Crippen LogP contribution in [0.5, 0.6) is 11.5 Å². The first-order valence-electron chi connectivity index (χ1n) is 26.0. The van der Waals surface area contributed by atoms with E-state index in [4.69, 9.17) is 9.72 Å². The topological polar surface area (TPSA) is 33.5 Å². The molecule has 0 N–H and O–H groups in total. The van der Waals surface area contributed by atoms with Crippen LogP contribution in [0, 0.1) is 0 Å². The van der Waals surface area contributed by atoms with E-state index in [1.165, 1.54) is 55.4 Å². The highest BCUT2D eigenvalue weighted by molar-refractivity contribution is 6.12. The van der Waals surface area contributed by atoms with E-state index in [0.717, 1.165) is 45.3 Å². The van der Waals surface area contributed by atoms with Crippen LogP contribution in [-0.4, -0.2) is 16.2 Å². The maximum absolute atomic E-state index is 7.37. The van der Waals surface area contributed by atoms with Crippen LogP contribution in [0.4, 0.5) is 11.4 Å². The van der Waals surface area contributed by atoms with E-state index in [-0.39, 0.29) is 27.1 Å². The number of fused-ring (bicyclic) bond motifs is 3. The number of hydrogen-bond donors (Lipinski definition) is 0. The minimum absolute atomic E-state index is 0.0540. The van der Waals surface area contributed by atoms with Crippen molar-refractivity contribution in [2.24, 2.45) is 0 Å². The summed E-state index contributed by atoms with van der Waals surface area (Å²) in [7, 11) is 0. The molecule has 0 unspecified atom stereocenters. The highest BCUT2D eigenvalue weighted by Gasteiger charge is 2.33. The third-order valence-corrected chi connectivity index (χ3v) is 15.3. The van der Waals surface area contributed by atoms with Crippen LogP contribution in [-0.2, 0) is 27.1 Å². The summed E-state index contributed by atoms with van der Waals surface area (Å²) < 4.78 is 9.70. The maximum Gasteiger partial charge on any atom is 0.137 e. The fourth-order valence-corrected chi connectivity index (χ4v) is 10.5. The van der Waals surface area contributed by atoms with Crippen LogP contribution in [0.2, 0.25) is 0 Å². The number of ether oxygens (including phenoxy) is 1. The zero-order valence-electron chi connectivity index (χ0n) is 45.3. The van der Waals surface area contributed by atoms with Crippen molar-refractivity contribution < 1.29 is 4.74 Å². The second kappa shape index (κ2) is 18.3. The van der Waals surface area contributed by atoms with Crippen LogP contribution < -0.4 is 14.5 Å². The van der Waals surface area contributed by atoms with E-state index in [0.29, 0.717) is 6.67 Å². The molecule has 370 valence electrons. The number of para-hydroxylation sites is 1. The third-order valence-electron chi connectivity index (χ3n) is 15.3. The van der Waals surface area contributed by atoms with Gasteiger partial charge in [-0.15, -0.1) is 0 Å². The van der Waals surface area contributed by atoms with Crippen LogP contribution >= 0.6 is 0 Å². The summed E-state index contributed by atoms with van der Waals surface area (Å²) in [6, 6.07) is 64.3. The average molecular weight is 961 g/mol. The van der Waals surface area contributed by atoms with Crippen LogP contribution in [0.25, 0.3) is 33.3 Å². The van der Waals surface area contributed by atoms with Gasteiger partial charge in [-0.25, -0.2) is 4.98 Å². The fourth-order valence-electron chi connectivity index (χ4n) is 10.5. The zero-order valence-corrected chi connectivity index (χ0v) is 45.3. The van der Waals surface area contributed by atoms with Gasteiger partial charge < -0.3 is 14.5 Å². The van der Waals surface area contributed by atoms with Crippen molar-refractivity contribution in [3.05, 3.63) is 233 Å². The van der Waals surface area contributed by atoms with Gasteiger partial charge in [0.15, 0.2) is 0 Å². The first-order valence-corrected chi connectivity index (χ1v) is 26.0. The minimum Gasteiger partial charge on any atom is -0.457 e. The molecule has 2 aromatic heterocycles. The number of hydrogen-bond acceptors (Lipinski definition) is 4. The molecule has 0 atom stereocenters. The molecule has 0 bridgehead atoms. The molecule has 0 saturated heterocycles. The number of rotatable bonds is 10. The second-order valence-corrected chi connectivity index (χ2v) is 24.4. The van der Waals surface area contributed by atoms with E-state index >= 15 is 0 Å². The Hall–Kier alpha value is -7.37. The monoisotopic (exact) mass is 961 g/mol. The molecule has 73 heavy (non-hydrogen) atoms. The molecule has 0 aliphatic carbocycles. The number of nitrogens with zero attached hydrogens (tertiary/aromatic N) is 4. The van der Waals surface area contributed by atoms with Crippen molar-refractivity contribution >= 4 is 38.9 Å². The number of pyridine rings is 1. The lowest BCUT2D eigenvalue weighted by atomic mass is 9.75. The Balaban J connectivity index is 1.14. The van der Waals surface area contributed by atoms with Gasteiger partial charge in [0.1, 0.15) is 17.3 Å². The molecule has 1 aliphatic rings. The van der Waals surface area contributed by atoms with Crippen LogP contribution in [0.15, 0.2) is 188 Å².